The SMILES string of the molecule is COc1ccc(COCC[C@@H](CC=O)O[Si](C)(C)C(C)(C)C)cc1. The molecule has 0 aromatic heterocycles. The molecule has 0 amide bonds. The summed E-state index contributed by atoms with van der Waals surface area (Å²) in [5.41, 5.74) is 1.10. The number of carbonyl (C=O) groups excluding carboxylic acids is 1. The molecule has 0 bridgehead atoms. The predicted molar refractivity (Wildman–Crippen MR) is 100 cm³/mol. The van der Waals surface area contributed by atoms with Gasteiger partial charge >= 0.3 is 0 Å². The molecule has 4 nitrogen and oxygen atoms in total. The van der Waals surface area contributed by atoms with Gasteiger partial charge in [0, 0.05) is 13.0 Å². The number of aldehydes is 1. The molecule has 0 aliphatic heterocycles. The van der Waals surface area contributed by atoms with Crippen molar-refractivity contribution < 1.29 is 18.7 Å². The topological polar surface area (TPSA) is 44.8 Å². The van der Waals surface area contributed by atoms with Crippen molar-refractivity contribution in [1.29, 1.82) is 0 Å². The first-order valence-electron chi connectivity index (χ1n) is 8.51. The maximum absolute atomic E-state index is 10.9. The van der Waals surface area contributed by atoms with E-state index in [4.69, 9.17) is 13.9 Å². The predicted octanol–water partition coefficient (Wildman–Crippen LogP) is 4.58. The third kappa shape index (κ3) is 6.75. The largest absolute Gasteiger partial charge is 0.497 e. The minimum atomic E-state index is -1.87. The van der Waals surface area contributed by atoms with Crippen LogP contribution in [0.15, 0.2) is 24.3 Å². The Bertz CT molecular complexity index is 491. The molecule has 1 aromatic rings. The van der Waals surface area contributed by atoms with Crippen LogP contribution in [0.4, 0.5) is 0 Å². The fourth-order valence-corrected chi connectivity index (χ4v) is 3.45. The van der Waals surface area contributed by atoms with E-state index in [-0.39, 0.29) is 11.1 Å². The summed E-state index contributed by atoms with van der Waals surface area (Å²) in [4.78, 5) is 10.9. The van der Waals surface area contributed by atoms with E-state index in [0.717, 1.165) is 24.0 Å². The third-order valence-corrected chi connectivity index (χ3v) is 9.17. The van der Waals surface area contributed by atoms with Gasteiger partial charge in [-0.25, -0.2) is 0 Å². The van der Waals surface area contributed by atoms with Gasteiger partial charge < -0.3 is 18.7 Å². The summed E-state index contributed by atoms with van der Waals surface area (Å²) in [5, 5.41) is 0.137. The lowest BCUT2D eigenvalue weighted by Gasteiger charge is -2.39. The Morgan fingerprint density at radius 3 is 2.29 bits per heavy atom. The summed E-state index contributed by atoms with van der Waals surface area (Å²) in [6.07, 6.45) is 2.06. The Morgan fingerprint density at radius 1 is 1.17 bits per heavy atom. The van der Waals surface area contributed by atoms with Crippen molar-refractivity contribution in [2.24, 2.45) is 0 Å². The average Bonchev–Trinajstić information content (AvgIpc) is 2.51. The van der Waals surface area contributed by atoms with Gasteiger partial charge in [-0.2, -0.15) is 0 Å². The van der Waals surface area contributed by atoms with E-state index in [2.05, 4.69) is 33.9 Å². The molecule has 0 radical (unpaired) electrons. The van der Waals surface area contributed by atoms with Gasteiger partial charge in [-0.3, -0.25) is 0 Å². The van der Waals surface area contributed by atoms with Crippen molar-refractivity contribution in [3.05, 3.63) is 29.8 Å². The van der Waals surface area contributed by atoms with Gasteiger partial charge in [0.05, 0.1) is 19.8 Å². The molecule has 136 valence electrons. The lowest BCUT2D eigenvalue weighted by atomic mass is 10.2. The standard InChI is InChI=1S/C19H32O4Si/c1-19(2,3)24(5,6)23-18(11-13-20)12-14-22-15-16-7-9-17(21-4)10-8-16/h7-10,13,18H,11-12,14-15H2,1-6H3/t18-/m1/s1. The minimum absolute atomic E-state index is 0.0562. The smallest absolute Gasteiger partial charge is 0.192 e. The zero-order valence-corrected chi connectivity index (χ0v) is 16.9. The monoisotopic (exact) mass is 352 g/mol. The first-order valence-corrected chi connectivity index (χ1v) is 11.4. The Labute approximate surface area is 147 Å². The molecular formula is C19H32O4Si. The first-order chi connectivity index (χ1) is 11.2. The van der Waals surface area contributed by atoms with Crippen LogP contribution in [0, 0.1) is 0 Å². The molecule has 24 heavy (non-hydrogen) atoms. The second kappa shape index (κ2) is 9.35. The molecule has 0 N–H and O–H groups in total. The first kappa shape index (κ1) is 20.9. The van der Waals surface area contributed by atoms with Crippen LogP contribution in [0.25, 0.3) is 0 Å². The molecule has 1 aromatic carbocycles. The van der Waals surface area contributed by atoms with E-state index in [1.807, 2.05) is 24.3 Å². The lowest BCUT2D eigenvalue weighted by Crippen LogP contribution is -2.44. The molecule has 0 saturated carbocycles. The van der Waals surface area contributed by atoms with Crippen LogP contribution in [0.2, 0.25) is 18.1 Å². The third-order valence-electron chi connectivity index (χ3n) is 4.64. The van der Waals surface area contributed by atoms with Gasteiger partial charge in [0.2, 0.25) is 0 Å². The van der Waals surface area contributed by atoms with Crippen LogP contribution in [0.3, 0.4) is 0 Å². The molecule has 5 heteroatoms. The van der Waals surface area contributed by atoms with Gasteiger partial charge in [0.15, 0.2) is 8.32 Å². The summed E-state index contributed by atoms with van der Waals surface area (Å²) in [7, 11) is -0.214. The number of benzene rings is 1. The molecule has 0 spiro atoms. The zero-order chi connectivity index (χ0) is 18.2. The summed E-state index contributed by atoms with van der Waals surface area (Å²) in [6, 6.07) is 7.84. The molecule has 0 heterocycles. The minimum Gasteiger partial charge on any atom is -0.497 e. The molecule has 0 aliphatic carbocycles. The molecule has 0 saturated heterocycles. The van der Waals surface area contributed by atoms with E-state index >= 15 is 0 Å². The van der Waals surface area contributed by atoms with Gasteiger partial charge in [-0.05, 0) is 42.2 Å². The number of methoxy groups -OCH3 is 1. The number of rotatable bonds is 10. The highest BCUT2D eigenvalue weighted by atomic mass is 28.4. The molecule has 0 aliphatic rings. The van der Waals surface area contributed by atoms with Crippen LogP contribution in [0.1, 0.15) is 39.2 Å². The molecular weight excluding hydrogens is 320 g/mol. The van der Waals surface area contributed by atoms with E-state index in [1.165, 1.54) is 0 Å². The Balaban J connectivity index is 2.44. The number of hydrogen-bond acceptors (Lipinski definition) is 4. The second-order valence-electron chi connectivity index (χ2n) is 7.59. The van der Waals surface area contributed by atoms with E-state index in [0.29, 0.717) is 19.6 Å². The molecule has 0 fully saturated rings. The van der Waals surface area contributed by atoms with Gasteiger partial charge in [0.25, 0.3) is 0 Å². The van der Waals surface area contributed by atoms with Crippen LogP contribution >= 0.6 is 0 Å². The Morgan fingerprint density at radius 2 is 1.79 bits per heavy atom. The van der Waals surface area contributed by atoms with Crippen LogP contribution < -0.4 is 4.74 Å². The van der Waals surface area contributed by atoms with Crippen molar-refractivity contribution >= 4 is 14.6 Å². The zero-order valence-electron chi connectivity index (χ0n) is 15.9. The fraction of sp³-hybridized carbons (Fsp3) is 0.632. The maximum atomic E-state index is 10.9. The molecule has 0 unspecified atom stereocenters. The van der Waals surface area contributed by atoms with Crippen molar-refractivity contribution in [2.75, 3.05) is 13.7 Å². The summed E-state index contributed by atoms with van der Waals surface area (Å²) >= 11 is 0. The highest BCUT2D eigenvalue weighted by molar-refractivity contribution is 6.74. The highest BCUT2D eigenvalue weighted by Gasteiger charge is 2.38. The van der Waals surface area contributed by atoms with Crippen LogP contribution in [0.5, 0.6) is 5.75 Å². The number of carbonyl (C=O) groups is 1. The van der Waals surface area contributed by atoms with Crippen molar-refractivity contribution in [2.45, 2.75) is 64.5 Å². The molecule has 1 atom stereocenters. The van der Waals surface area contributed by atoms with E-state index in [9.17, 15) is 4.79 Å². The van der Waals surface area contributed by atoms with E-state index < -0.39 is 8.32 Å². The summed E-state index contributed by atoms with van der Waals surface area (Å²) < 4.78 is 17.2. The Kier molecular flexibility index (Phi) is 8.13. The fourth-order valence-electron chi connectivity index (χ4n) is 2.05. The lowest BCUT2D eigenvalue weighted by molar-refractivity contribution is -0.109. The Hall–Kier alpha value is -1.17. The summed E-state index contributed by atoms with van der Waals surface area (Å²) in [6.45, 7) is 12.2. The van der Waals surface area contributed by atoms with Gasteiger partial charge in [-0.15, -0.1) is 0 Å². The van der Waals surface area contributed by atoms with Crippen molar-refractivity contribution in [1.82, 2.24) is 0 Å². The van der Waals surface area contributed by atoms with Crippen LogP contribution in [-0.4, -0.2) is 34.4 Å². The van der Waals surface area contributed by atoms with Crippen molar-refractivity contribution in [3.63, 3.8) is 0 Å². The maximum Gasteiger partial charge on any atom is 0.192 e. The van der Waals surface area contributed by atoms with Crippen molar-refractivity contribution in [3.8, 4) is 5.75 Å². The molecule has 1 rings (SSSR count). The van der Waals surface area contributed by atoms with Gasteiger partial charge in [-0.1, -0.05) is 32.9 Å². The summed E-state index contributed by atoms with van der Waals surface area (Å²) in [5.74, 6) is 0.840. The number of hydrogen-bond donors (Lipinski definition) is 0. The average molecular weight is 353 g/mol. The van der Waals surface area contributed by atoms with Crippen LogP contribution in [-0.2, 0) is 20.6 Å². The van der Waals surface area contributed by atoms with E-state index in [1.54, 1.807) is 7.11 Å². The second-order valence-corrected chi connectivity index (χ2v) is 12.3. The highest BCUT2D eigenvalue weighted by Crippen LogP contribution is 2.37. The number of ether oxygens (including phenoxy) is 2. The quantitative estimate of drug-likeness (QED) is 0.351. The van der Waals surface area contributed by atoms with Gasteiger partial charge in [0.1, 0.15) is 12.0 Å². The normalized spacial score (nSPS) is 13.6.